The molecule has 0 aliphatic heterocycles. The third-order valence-electron chi connectivity index (χ3n) is 3.20. The van der Waals surface area contributed by atoms with E-state index in [1.165, 1.54) is 12.8 Å². The maximum Gasteiger partial charge on any atom is 0.309 e. The van der Waals surface area contributed by atoms with Gasteiger partial charge in [0.25, 0.3) is 0 Å². The van der Waals surface area contributed by atoms with Crippen LogP contribution < -0.4 is 4.57 Å². The summed E-state index contributed by atoms with van der Waals surface area (Å²) < 4.78 is 7.27. The third-order valence-corrected chi connectivity index (χ3v) is 3.20. The molecule has 102 valence electrons. The van der Waals surface area contributed by atoms with E-state index in [0.717, 1.165) is 12.8 Å². The van der Waals surface area contributed by atoms with Gasteiger partial charge in [-0.2, -0.15) is 0 Å². The summed E-state index contributed by atoms with van der Waals surface area (Å²) in [5, 5.41) is 0. The van der Waals surface area contributed by atoms with E-state index < -0.39 is 0 Å². The van der Waals surface area contributed by atoms with Gasteiger partial charge in [0.2, 0.25) is 6.33 Å². The molecule has 0 amide bonds. The molecule has 0 fully saturated rings. The number of H-pyrrole nitrogens is 1. The summed E-state index contributed by atoms with van der Waals surface area (Å²) in [6.07, 6.45) is 10.7. The molecular formula is C14H25N2O2+. The average Bonchev–Trinajstić information content (AvgIpc) is 2.89. The highest BCUT2D eigenvalue weighted by molar-refractivity contribution is 5.69. The van der Waals surface area contributed by atoms with Crippen molar-refractivity contribution in [2.75, 3.05) is 6.61 Å². The van der Waals surface area contributed by atoms with Gasteiger partial charge in [-0.15, -0.1) is 0 Å². The van der Waals surface area contributed by atoms with Gasteiger partial charge in [0.1, 0.15) is 18.9 Å². The smallest absolute Gasteiger partial charge is 0.309 e. The number of esters is 1. The highest BCUT2D eigenvalue weighted by Gasteiger charge is 2.10. The van der Waals surface area contributed by atoms with Crippen LogP contribution in [0.2, 0.25) is 0 Å². The number of carbonyl (C=O) groups excluding carboxylic acids is 1. The Morgan fingerprint density at radius 2 is 2.28 bits per heavy atom. The fourth-order valence-corrected chi connectivity index (χ4v) is 1.86. The summed E-state index contributed by atoms with van der Waals surface area (Å²) in [6.45, 7) is 5.60. The minimum atomic E-state index is -0.0985. The normalized spacial score (nSPS) is 12.3. The Bertz CT molecular complexity index is 323. The molecule has 1 rings (SSSR count). The second-order valence-corrected chi connectivity index (χ2v) is 4.70. The Labute approximate surface area is 109 Å². The second-order valence-electron chi connectivity index (χ2n) is 4.70. The van der Waals surface area contributed by atoms with Gasteiger partial charge in [-0.25, -0.2) is 4.57 Å². The van der Waals surface area contributed by atoms with E-state index in [1.807, 2.05) is 23.3 Å². The lowest BCUT2D eigenvalue weighted by molar-refractivity contribution is -0.694. The van der Waals surface area contributed by atoms with E-state index in [-0.39, 0.29) is 5.97 Å². The molecule has 0 radical (unpaired) electrons. The highest BCUT2D eigenvalue weighted by atomic mass is 16.5. The number of carbonyl (C=O) groups is 1. The minimum absolute atomic E-state index is 0.0985. The number of aromatic nitrogens is 2. The van der Waals surface area contributed by atoms with Gasteiger partial charge in [-0.3, -0.25) is 9.78 Å². The number of nitrogens with one attached hydrogen (secondary N) is 1. The van der Waals surface area contributed by atoms with Crippen LogP contribution in [-0.2, 0) is 16.1 Å². The molecular weight excluding hydrogens is 228 g/mol. The maximum absolute atomic E-state index is 11.6. The lowest BCUT2D eigenvalue weighted by Gasteiger charge is -2.14. The summed E-state index contributed by atoms with van der Waals surface area (Å²) in [5.74, 6) is 0.424. The molecule has 1 unspecified atom stereocenters. The molecule has 0 spiro atoms. The Hall–Kier alpha value is -1.32. The highest BCUT2D eigenvalue weighted by Crippen LogP contribution is 2.13. The van der Waals surface area contributed by atoms with Gasteiger partial charge in [-0.1, -0.05) is 33.1 Å². The topological polar surface area (TPSA) is 46.0 Å². The standard InChI is InChI=1S/C14H24N2O2/c1-3-5-6-13(4-2)11-18-14(17)7-9-16-10-8-15-12-16/h8,10,12-13H,3-7,9,11H2,1-2H3/p+1. The molecule has 1 heterocycles. The van der Waals surface area contributed by atoms with Crippen LogP contribution in [0.15, 0.2) is 18.7 Å². The van der Waals surface area contributed by atoms with Crippen LogP contribution in [0.5, 0.6) is 0 Å². The van der Waals surface area contributed by atoms with Gasteiger partial charge >= 0.3 is 5.97 Å². The van der Waals surface area contributed by atoms with Gasteiger partial charge in [-0.05, 0) is 12.3 Å². The predicted molar refractivity (Wildman–Crippen MR) is 69.9 cm³/mol. The van der Waals surface area contributed by atoms with Crippen LogP contribution in [0.4, 0.5) is 0 Å². The molecule has 1 N–H and O–H groups in total. The summed E-state index contributed by atoms with van der Waals surface area (Å²) in [4.78, 5) is 14.5. The van der Waals surface area contributed by atoms with E-state index in [1.54, 1.807) is 0 Å². The molecule has 0 aromatic carbocycles. The summed E-state index contributed by atoms with van der Waals surface area (Å²) in [5.41, 5.74) is 0. The number of rotatable bonds is 9. The van der Waals surface area contributed by atoms with Crippen molar-refractivity contribution in [1.82, 2.24) is 4.98 Å². The van der Waals surface area contributed by atoms with Crippen molar-refractivity contribution in [3.8, 4) is 0 Å². The van der Waals surface area contributed by atoms with Gasteiger partial charge < -0.3 is 4.74 Å². The summed E-state index contributed by atoms with van der Waals surface area (Å²) in [7, 11) is 0. The molecule has 0 saturated carbocycles. The zero-order valence-corrected chi connectivity index (χ0v) is 11.5. The number of nitrogens with zero attached hydrogens (tertiary/aromatic N) is 1. The van der Waals surface area contributed by atoms with Crippen molar-refractivity contribution >= 4 is 5.97 Å². The number of imidazole rings is 1. The first-order valence-corrected chi connectivity index (χ1v) is 6.93. The Kier molecular flexibility index (Phi) is 7.14. The quantitative estimate of drug-likeness (QED) is 0.543. The van der Waals surface area contributed by atoms with Crippen LogP contribution in [0.25, 0.3) is 0 Å². The van der Waals surface area contributed by atoms with E-state index in [9.17, 15) is 4.79 Å². The number of aromatic amines is 1. The molecule has 1 aromatic heterocycles. The van der Waals surface area contributed by atoms with Crippen LogP contribution >= 0.6 is 0 Å². The molecule has 0 aliphatic rings. The molecule has 1 atom stereocenters. The first-order valence-electron chi connectivity index (χ1n) is 6.93. The first kappa shape index (κ1) is 14.7. The fraction of sp³-hybridized carbons (Fsp3) is 0.714. The Morgan fingerprint density at radius 3 is 2.89 bits per heavy atom. The van der Waals surface area contributed by atoms with E-state index in [0.29, 0.717) is 25.5 Å². The van der Waals surface area contributed by atoms with Crippen molar-refractivity contribution in [2.24, 2.45) is 5.92 Å². The zero-order chi connectivity index (χ0) is 13.2. The number of aryl methyl sites for hydroxylation is 1. The second kappa shape index (κ2) is 8.72. The lowest BCUT2D eigenvalue weighted by atomic mass is 10.0. The maximum atomic E-state index is 11.6. The fourth-order valence-electron chi connectivity index (χ4n) is 1.86. The number of ether oxygens (including phenoxy) is 1. The van der Waals surface area contributed by atoms with Gasteiger partial charge in [0.05, 0.1) is 13.0 Å². The summed E-state index contributed by atoms with van der Waals surface area (Å²) >= 11 is 0. The zero-order valence-electron chi connectivity index (χ0n) is 11.5. The van der Waals surface area contributed by atoms with Gasteiger partial charge in [0, 0.05) is 0 Å². The SMILES string of the molecule is CCCCC(CC)COC(=O)CC[n+]1cc[nH]c1. The molecule has 0 saturated heterocycles. The average molecular weight is 253 g/mol. The third kappa shape index (κ3) is 5.84. The molecule has 0 aliphatic carbocycles. The van der Waals surface area contributed by atoms with Crippen LogP contribution in [0, 0.1) is 5.92 Å². The number of hydrogen-bond acceptors (Lipinski definition) is 2. The van der Waals surface area contributed by atoms with Crippen molar-refractivity contribution < 1.29 is 14.1 Å². The number of unbranched alkanes of at least 4 members (excludes halogenated alkanes) is 1. The van der Waals surface area contributed by atoms with Crippen molar-refractivity contribution in [3.63, 3.8) is 0 Å². The molecule has 0 bridgehead atoms. The Morgan fingerprint density at radius 1 is 1.44 bits per heavy atom. The Balaban J connectivity index is 2.15. The van der Waals surface area contributed by atoms with Crippen LogP contribution in [0.1, 0.15) is 46.0 Å². The molecule has 4 heteroatoms. The monoisotopic (exact) mass is 253 g/mol. The molecule has 4 nitrogen and oxygen atoms in total. The van der Waals surface area contributed by atoms with Gasteiger partial charge in [0.15, 0.2) is 0 Å². The van der Waals surface area contributed by atoms with E-state index in [4.69, 9.17) is 4.74 Å². The minimum Gasteiger partial charge on any atom is -0.465 e. The predicted octanol–water partition coefficient (Wildman–Crippen LogP) is 2.45. The van der Waals surface area contributed by atoms with E-state index >= 15 is 0 Å². The van der Waals surface area contributed by atoms with Crippen molar-refractivity contribution in [3.05, 3.63) is 18.7 Å². The number of hydrogen-bond donors (Lipinski definition) is 1. The first-order chi connectivity index (χ1) is 8.76. The lowest BCUT2D eigenvalue weighted by Crippen LogP contribution is -2.32. The van der Waals surface area contributed by atoms with Crippen LogP contribution in [-0.4, -0.2) is 17.6 Å². The molecule has 1 aromatic rings. The van der Waals surface area contributed by atoms with Crippen LogP contribution in [0.3, 0.4) is 0 Å². The van der Waals surface area contributed by atoms with Crippen molar-refractivity contribution in [1.29, 1.82) is 0 Å². The summed E-state index contributed by atoms with van der Waals surface area (Å²) in [6, 6.07) is 0. The largest absolute Gasteiger partial charge is 0.465 e. The van der Waals surface area contributed by atoms with E-state index in [2.05, 4.69) is 18.8 Å². The van der Waals surface area contributed by atoms with Crippen molar-refractivity contribution in [2.45, 2.75) is 52.5 Å². The molecule has 18 heavy (non-hydrogen) atoms.